The molecule has 3 rings (SSSR count). The quantitative estimate of drug-likeness (QED) is 0.522. The molecule has 0 aliphatic rings. The van der Waals surface area contributed by atoms with Crippen molar-refractivity contribution in [2.45, 2.75) is 17.9 Å². The van der Waals surface area contributed by atoms with Crippen LogP contribution in [0.15, 0.2) is 77.7 Å². The van der Waals surface area contributed by atoms with E-state index in [1.165, 1.54) is 32.3 Å². The molecule has 1 atom stereocenters. The van der Waals surface area contributed by atoms with Crippen LogP contribution in [0.1, 0.15) is 28.9 Å². The number of anilines is 2. The van der Waals surface area contributed by atoms with Crippen molar-refractivity contribution in [2.75, 3.05) is 24.7 Å². The molecule has 0 heterocycles. The van der Waals surface area contributed by atoms with Gasteiger partial charge in [-0.05, 0) is 48.9 Å². The number of hydrogen-bond donors (Lipinski definition) is 2. The molecule has 0 aliphatic carbocycles. The molecule has 0 aromatic heterocycles. The van der Waals surface area contributed by atoms with Gasteiger partial charge in [0.2, 0.25) is 10.0 Å². The number of amides is 1. The van der Waals surface area contributed by atoms with Crippen LogP contribution in [0.2, 0.25) is 5.02 Å². The van der Waals surface area contributed by atoms with Crippen molar-refractivity contribution in [3.05, 3.63) is 88.9 Å². The summed E-state index contributed by atoms with van der Waals surface area (Å²) < 4.78 is 25.7. The van der Waals surface area contributed by atoms with Crippen molar-refractivity contribution < 1.29 is 13.2 Å². The van der Waals surface area contributed by atoms with Crippen LogP contribution in [0.4, 0.5) is 11.4 Å². The summed E-state index contributed by atoms with van der Waals surface area (Å²) in [6.07, 6.45) is 0. The predicted molar refractivity (Wildman–Crippen MR) is 125 cm³/mol. The fraction of sp³-hybridized carbons (Fsp3) is 0.174. The van der Waals surface area contributed by atoms with Gasteiger partial charge in [0.25, 0.3) is 5.91 Å². The van der Waals surface area contributed by atoms with Gasteiger partial charge in [0, 0.05) is 31.4 Å². The number of nitrogens with one attached hydrogen (secondary N) is 2. The zero-order chi connectivity index (χ0) is 22.6. The van der Waals surface area contributed by atoms with Gasteiger partial charge in [-0.25, -0.2) is 12.7 Å². The van der Waals surface area contributed by atoms with Gasteiger partial charge < -0.3 is 10.6 Å². The fourth-order valence-electron chi connectivity index (χ4n) is 2.98. The fourth-order valence-corrected chi connectivity index (χ4v) is 4.16. The first-order valence-corrected chi connectivity index (χ1v) is 11.5. The molecule has 0 radical (unpaired) electrons. The standard InChI is InChI=1S/C23H24ClN3O3S/c1-16(17-8-5-4-6-9-17)25-22-13-12-19(15-21(22)24)26-23(28)18-10-7-11-20(14-18)31(29,30)27(2)3/h4-16,25H,1-3H3,(H,26,28). The average Bonchev–Trinajstić information content (AvgIpc) is 2.76. The van der Waals surface area contributed by atoms with Crippen molar-refractivity contribution in [1.29, 1.82) is 0 Å². The van der Waals surface area contributed by atoms with Crippen molar-refractivity contribution in [2.24, 2.45) is 0 Å². The summed E-state index contributed by atoms with van der Waals surface area (Å²) in [5.74, 6) is -0.426. The van der Waals surface area contributed by atoms with Crippen LogP contribution < -0.4 is 10.6 Å². The second-order valence-corrected chi connectivity index (χ2v) is 9.80. The number of carbonyl (C=O) groups is 1. The molecule has 0 spiro atoms. The lowest BCUT2D eigenvalue weighted by Crippen LogP contribution is -2.22. The van der Waals surface area contributed by atoms with Crippen molar-refractivity contribution >= 4 is 38.9 Å². The maximum Gasteiger partial charge on any atom is 0.255 e. The summed E-state index contributed by atoms with van der Waals surface area (Å²) in [5.41, 5.74) is 2.62. The molecule has 3 aromatic carbocycles. The molecule has 1 unspecified atom stereocenters. The Morgan fingerprint density at radius 3 is 2.32 bits per heavy atom. The summed E-state index contributed by atoms with van der Waals surface area (Å²) in [5, 5.41) is 6.58. The van der Waals surface area contributed by atoms with Crippen LogP contribution in [0.25, 0.3) is 0 Å². The second kappa shape index (κ2) is 9.51. The molecule has 0 fully saturated rings. The third kappa shape index (κ3) is 5.44. The van der Waals surface area contributed by atoms with Crippen LogP contribution in [0.3, 0.4) is 0 Å². The summed E-state index contributed by atoms with van der Waals surface area (Å²) in [7, 11) is -0.743. The smallest absolute Gasteiger partial charge is 0.255 e. The minimum atomic E-state index is -3.63. The van der Waals surface area contributed by atoms with Gasteiger partial charge in [0.15, 0.2) is 0 Å². The van der Waals surface area contributed by atoms with Gasteiger partial charge in [0.05, 0.1) is 15.6 Å². The van der Waals surface area contributed by atoms with E-state index in [2.05, 4.69) is 10.6 Å². The first-order chi connectivity index (χ1) is 14.7. The number of carbonyl (C=O) groups excluding carboxylic acids is 1. The van der Waals surface area contributed by atoms with Crippen LogP contribution >= 0.6 is 11.6 Å². The van der Waals surface area contributed by atoms with E-state index in [1.54, 1.807) is 24.3 Å². The first-order valence-electron chi connectivity index (χ1n) is 9.63. The van der Waals surface area contributed by atoms with Crippen LogP contribution in [0.5, 0.6) is 0 Å². The maximum atomic E-state index is 12.6. The third-order valence-electron chi connectivity index (χ3n) is 4.77. The Hall–Kier alpha value is -2.87. The number of nitrogens with zero attached hydrogens (tertiary/aromatic N) is 1. The van der Waals surface area contributed by atoms with E-state index in [1.807, 2.05) is 37.3 Å². The molecule has 8 heteroatoms. The summed E-state index contributed by atoms with van der Waals surface area (Å²) >= 11 is 6.41. The number of rotatable bonds is 7. The zero-order valence-electron chi connectivity index (χ0n) is 17.5. The van der Waals surface area contributed by atoms with Gasteiger partial charge in [-0.3, -0.25) is 4.79 Å². The van der Waals surface area contributed by atoms with Gasteiger partial charge in [-0.2, -0.15) is 0 Å². The highest BCUT2D eigenvalue weighted by Crippen LogP contribution is 2.29. The third-order valence-corrected chi connectivity index (χ3v) is 6.90. The van der Waals surface area contributed by atoms with Gasteiger partial charge in [-0.1, -0.05) is 48.0 Å². The molecule has 0 bridgehead atoms. The van der Waals surface area contributed by atoms with Crippen LogP contribution in [0, 0.1) is 0 Å². The highest BCUT2D eigenvalue weighted by Gasteiger charge is 2.19. The Morgan fingerprint density at radius 1 is 0.968 bits per heavy atom. The Kier molecular flexibility index (Phi) is 7.00. The summed E-state index contributed by atoms with van der Waals surface area (Å²) in [4.78, 5) is 12.7. The van der Waals surface area contributed by atoms with Crippen molar-refractivity contribution in [1.82, 2.24) is 4.31 Å². The van der Waals surface area contributed by atoms with E-state index in [0.29, 0.717) is 10.7 Å². The van der Waals surface area contributed by atoms with Gasteiger partial charge in [0.1, 0.15) is 0 Å². The predicted octanol–water partition coefficient (Wildman–Crippen LogP) is 5.02. The van der Waals surface area contributed by atoms with Crippen LogP contribution in [-0.4, -0.2) is 32.7 Å². The highest BCUT2D eigenvalue weighted by atomic mass is 35.5. The molecule has 162 valence electrons. The molecule has 0 saturated carbocycles. The molecule has 2 N–H and O–H groups in total. The van der Waals surface area contributed by atoms with Crippen molar-refractivity contribution in [3.8, 4) is 0 Å². The van der Waals surface area contributed by atoms with E-state index in [-0.39, 0.29) is 16.5 Å². The van der Waals surface area contributed by atoms with Crippen molar-refractivity contribution in [3.63, 3.8) is 0 Å². The highest BCUT2D eigenvalue weighted by molar-refractivity contribution is 7.89. The Balaban J connectivity index is 1.74. The molecule has 0 saturated heterocycles. The van der Waals surface area contributed by atoms with E-state index < -0.39 is 15.9 Å². The molecule has 0 aliphatic heterocycles. The van der Waals surface area contributed by atoms with Crippen LogP contribution in [-0.2, 0) is 10.0 Å². The van der Waals surface area contributed by atoms with E-state index in [4.69, 9.17) is 11.6 Å². The molecular formula is C23H24ClN3O3S. The SMILES string of the molecule is CC(Nc1ccc(NC(=O)c2cccc(S(=O)(=O)N(C)C)c2)cc1Cl)c1ccccc1. The van der Waals surface area contributed by atoms with Gasteiger partial charge in [-0.15, -0.1) is 0 Å². The average molecular weight is 458 g/mol. The Bertz CT molecular complexity index is 1180. The Morgan fingerprint density at radius 2 is 1.68 bits per heavy atom. The number of benzene rings is 3. The lowest BCUT2D eigenvalue weighted by Gasteiger charge is -2.17. The zero-order valence-corrected chi connectivity index (χ0v) is 19.0. The first kappa shape index (κ1) is 22.8. The van der Waals surface area contributed by atoms with E-state index in [0.717, 1.165) is 15.6 Å². The summed E-state index contributed by atoms with van der Waals surface area (Å²) in [6, 6.07) is 21.1. The maximum absolute atomic E-state index is 12.6. The molecule has 6 nitrogen and oxygen atoms in total. The topological polar surface area (TPSA) is 78.5 Å². The molecule has 1 amide bonds. The lowest BCUT2D eigenvalue weighted by molar-refractivity contribution is 0.102. The van der Waals surface area contributed by atoms with Gasteiger partial charge >= 0.3 is 0 Å². The normalized spacial score (nSPS) is 12.4. The molecule has 31 heavy (non-hydrogen) atoms. The van der Waals surface area contributed by atoms with E-state index >= 15 is 0 Å². The molecule has 3 aromatic rings. The summed E-state index contributed by atoms with van der Waals surface area (Å²) in [6.45, 7) is 2.04. The minimum absolute atomic E-state index is 0.0534. The lowest BCUT2D eigenvalue weighted by atomic mass is 10.1. The Labute approximate surface area is 187 Å². The number of hydrogen-bond acceptors (Lipinski definition) is 4. The minimum Gasteiger partial charge on any atom is -0.377 e. The number of sulfonamides is 1. The molecular weight excluding hydrogens is 434 g/mol. The number of halogens is 1. The van der Waals surface area contributed by atoms with E-state index in [9.17, 15) is 13.2 Å². The second-order valence-electron chi connectivity index (χ2n) is 7.24. The largest absolute Gasteiger partial charge is 0.377 e. The monoisotopic (exact) mass is 457 g/mol.